The van der Waals surface area contributed by atoms with E-state index in [1.165, 1.54) is 25.3 Å². The maximum atomic E-state index is 12.5. The Kier molecular flexibility index (Phi) is 7.42. The van der Waals surface area contributed by atoms with Gasteiger partial charge < -0.3 is 39.7 Å². The van der Waals surface area contributed by atoms with Gasteiger partial charge >= 0.3 is 0 Å². The van der Waals surface area contributed by atoms with Gasteiger partial charge in [0.1, 0.15) is 35.9 Å². The van der Waals surface area contributed by atoms with Crippen molar-refractivity contribution >= 4 is 5.78 Å². The summed E-state index contributed by atoms with van der Waals surface area (Å²) in [4.78, 5) is 16.6. The number of aliphatic hydroxyl groups is 4. The van der Waals surface area contributed by atoms with E-state index in [9.17, 15) is 30.3 Å². The number of hydrogen-bond acceptors (Lipinski definition) is 10. The topological polar surface area (TPSA) is 159 Å². The monoisotopic (exact) mass is 435 g/mol. The van der Waals surface area contributed by atoms with Gasteiger partial charge in [-0.25, -0.2) is 4.98 Å². The maximum Gasteiger partial charge on any atom is 0.229 e. The van der Waals surface area contributed by atoms with E-state index in [4.69, 9.17) is 14.2 Å². The first-order valence-corrected chi connectivity index (χ1v) is 9.66. The molecule has 10 nitrogen and oxygen atoms in total. The molecule has 1 saturated heterocycles. The lowest BCUT2D eigenvalue weighted by atomic mass is 9.99. The van der Waals surface area contributed by atoms with Crippen molar-refractivity contribution in [3.8, 4) is 17.4 Å². The predicted molar refractivity (Wildman–Crippen MR) is 106 cm³/mol. The second kappa shape index (κ2) is 10.0. The number of ketones is 1. The third-order valence-corrected chi connectivity index (χ3v) is 5.02. The molecule has 0 bridgehead atoms. The van der Waals surface area contributed by atoms with Gasteiger partial charge in [-0.2, -0.15) is 0 Å². The zero-order valence-corrected chi connectivity index (χ0v) is 16.8. The third kappa shape index (κ3) is 5.30. The van der Waals surface area contributed by atoms with Crippen molar-refractivity contribution < 1.29 is 44.5 Å². The Morgan fingerprint density at radius 3 is 2.52 bits per heavy atom. The van der Waals surface area contributed by atoms with Gasteiger partial charge in [0.05, 0.1) is 19.3 Å². The summed E-state index contributed by atoms with van der Waals surface area (Å²) in [7, 11) is 1.51. The van der Waals surface area contributed by atoms with Crippen molar-refractivity contribution in [1.29, 1.82) is 0 Å². The van der Waals surface area contributed by atoms with Crippen LogP contribution in [0.1, 0.15) is 22.3 Å². The Labute approximate surface area is 178 Å². The van der Waals surface area contributed by atoms with Gasteiger partial charge in [0, 0.05) is 24.8 Å². The van der Waals surface area contributed by atoms with Crippen LogP contribution in [0.2, 0.25) is 0 Å². The molecule has 2 heterocycles. The minimum absolute atomic E-state index is 0.0673. The van der Waals surface area contributed by atoms with Crippen LogP contribution in [-0.2, 0) is 11.2 Å². The van der Waals surface area contributed by atoms with Crippen LogP contribution < -0.4 is 9.47 Å². The van der Waals surface area contributed by atoms with Crippen molar-refractivity contribution in [2.24, 2.45) is 0 Å². The molecule has 1 aromatic heterocycles. The van der Waals surface area contributed by atoms with Gasteiger partial charge in [0.15, 0.2) is 5.78 Å². The molecule has 3 rings (SSSR count). The normalized spacial score (nSPS) is 25.8. The van der Waals surface area contributed by atoms with E-state index >= 15 is 0 Å². The number of carbonyl (C=O) groups excluding carboxylic acids is 1. The second-order valence-corrected chi connectivity index (χ2v) is 7.13. The smallest absolute Gasteiger partial charge is 0.229 e. The summed E-state index contributed by atoms with van der Waals surface area (Å²) in [6.45, 7) is -0.590. The molecule has 1 aromatic carbocycles. The van der Waals surface area contributed by atoms with E-state index in [-0.39, 0.29) is 29.3 Å². The molecule has 10 heteroatoms. The first kappa shape index (κ1) is 22.9. The van der Waals surface area contributed by atoms with E-state index < -0.39 is 37.3 Å². The number of aromatic hydroxyl groups is 1. The summed E-state index contributed by atoms with van der Waals surface area (Å²) in [6.07, 6.45) is -4.99. The first-order valence-electron chi connectivity index (χ1n) is 9.66. The summed E-state index contributed by atoms with van der Waals surface area (Å²) in [5.74, 6) is -0.0619. The fourth-order valence-corrected chi connectivity index (χ4v) is 3.19. The Hall–Kier alpha value is -2.76. The highest BCUT2D eigenvalue weighted by molar-refractivity contribution is 5.98. The number of methoxy groups -OCH3 is 1. The Morgan fingerprint density at radius 1 is 1.13 bits per heavy atom. The van der Waals surface area contributed by atoms with Gasteiger partial charge in [-0.05, 0) is 24.1 Å². The molecule has 1 aliphatic heterocycles. The predicted octanol–water partition coefficient (Wildman–Crippen LogP) is -0.210. The molecule has 168 valence electrons. The Bertz CT molecular complexity index is 887. The molecule has 5 atom stereocenters. The number of aromatic nitrogens is 1. The number of Topliss-reactive ketones (excluding diaryl/α,β-unsaturated/α-hetero) is 1. The van der Waals surface area contributed by atoms with Crippen LogP contribution in [0.3, 0.4) is 0 Å². The van der Waals surface area contributed by atoms with Crippen LogP contribution >= 0.6 is 0 Å². The lowest BCUT2D eigenvalue weighted by Gasteiger charge is -2.39. The minimum Gasteiger partial charge on any atom is -0.507 e. The van der Waals surface area contributed by atoms with Crippen molar-refractivity contribution in [1.82, 2.24) is 4.98 Å². The minimum atomic E-state index is -1.59. The molecular weight excluding hydrogens is 410 g/mol. The van der Waals surface area contributed by atoms with Crippen molar-refractivity contribution in [2.45, 2.75) is 43.5 Å². The average Bonchev–Trinajstić information content (AvgIpc) is 2.78. The molecule has 0 amide bonds. The third-order valence-electron chi connectivity index (χ3n) is 5.02. The van der Waals surface area contributed by atoms with Gasteiger partial charge in [0.2, 0.25) is 12.2 Å². The standard InChI is InChI=1S/C21H25NO9/c1-29-17-7-3-11(9-22-17)2-6-14(24)13-5-4-12(8-15(13)25)30-21-20(28)19(27)18(26)16(10-23)31-21/h3-5,7-9,16,18-21,23,25-28H,2,6,10H2,1H3/t16-,18-,19+,20-,21?/m1/s1. The molecule has 0 aliphatic carbocycles. The SMILES string of the molecule is COc1ccc(CCC(=O)c2ccc(OC3O[C@H](CO)[C@@H](O)[C@H](O)[C@H]3O)cc2O)cn1. The molecule has 0 spiro atoms. The Balaban J connectivity index is 1.63. The lowest BCUT2D eigenvalue weighted by Crippen LogP contribution is -2.60. The molecule has 1 unspecified atom stereocenters. The summed E-state index contributed by atoms with van der Waals surface area (Å²) in [5.41, 5.74) is 0.943. The summed E-state index contributed by atoms with van der Waals surface area (Å²) in [6, 6.07) is 7.47. The van der Waals surface area contributed by atoms with Crippen molar-refractivity contribution in [3.05, 3.63) is 47.7 Å². The van der Waals surface area contributed by atoms with E-state index in [0.717, 1.165) is 5.56 Å². The fourth-order valence-electron chi connectivity index (χ4n) is 3.19. The fraction of sp³-hybridized carbons (Fsp3) is 0.429. The number of nitrogens with zero attached hydrogens (tertiary/aromatic N) is 1. The zero-order chi connectivity index (χ0) is 22.5. The van der Waals surface area contributed by atoms with Crippen LogP contribution in [0.5, 0.6) is 17.4 Å². The van der Waals surface area contributed by atoms with Crippen LogP contribution in [0.4, 0.5) is 0 Å². The lowest BCUT2D eigenvalue weighted by molar-refractivity contribution is -0.277. The maximum absolute atomic E-state index is 12.5. The van der Waals surface area contributed by atoms with Crippen LogP contribution in [0.15, 0.2) is 36.5 Å². The van der Waals surface area contributed by atoms with Crippen LogP contribution in [-0.4, -0.2) is 80.7 Å². The molecule has 2 aromatic rings. The molecule has 5 N–H and O–H groups in total. The number of pyridine rings is 1. The number of ether oxygens (including phenoxy) is 3. The molecule has 1 aliphatic rings. The number of hydrogen-bond donors (Lipinski definition) is 5. The number of phenols is 1. The van der Waals surface area contributed by atoms with E-state index in [2.05, 4.69) is 4.98 Å². The quantitative estimate of drug-likeness (QED) is 0.351. The molecule has 1 fully saturated rings. The van der Waals surface area contributed by atoms with E-state index in [0.29, 0.717) is 12.3 Å². The number of rotatable bonds is 8. The van der Waals surface area contributed by atoms with Gasteiger partial charge in [-0.3, -0.25) is 4.79 Å². The largest absolute Gasteiger partial charge is 0.507 e. The molecule has 0 saturated carbocycles. The number of aryl methyl sites for hydroxylation is 1. The summed E-state index contributed by atoms with van der Waals surface area (Å²) >= 11 is 0. The van der Waals surface area contributed by atoms with Gasteiger partial charge in [0.25, 0.3) is 0 Å². The van der Waals surface area contributed by atoms with E-state index in [1.807, 2.05) is 0 Å². The van der Waals surface area contributed by atoms with Gasteiger partial charge in [-0.15, -0.1) is 0 Å². The van der Waals surface area contributed by atoms with Crippen molar-refractivity contribution in [2.75, 3.05) is 13.7 Å². The van der Waals surface area contributed by atoms with E-state index in [1.54, 1.807) is 18.3 Å². The number of benzene rings is 1. The number of phenolic OH excluding ortho intramolecular Hbond substituents is 1. The zero-order valence-electron chi connectivity index (χ0n) is 16.8. The Morgan fingerprint density at radius 2 is 1.90 bits per heavy atom. The van der Waals surface area contributed by atoms with Crippen LogP contribution in [0.25, 0.3) is 0 Å². The molecule has 31 heavy (non-hydrogen) atoms. The van der Waals surface area contributed by atoms with Crippen molar-refractivity contribution in [3.63, 3.8) is 0 Å². The molecule has 0 radical (unpaired) electrons. The highest BCUT2D eigenvalue weighted by Crippen LogP contribution is 2.29. The molecular formula is C21H25NO9. The second-order valence-electron chi connectivity index (χ2n) is 7.13. The van der Waals surface area contributed by atoms with Crippen LogP contribution in [0, 0.1) is 0 Å². The summed E-state index contributed by atoms with van der Waals surface area (Å²) < 4.78 is 15.7. The highest BCUT2D eigenvalue weighted by Gasteiger charge is 2.44. The highest BCUT2D eigenvalue weighted by atomic mass is 16.7. The first-order chi connectivity index (χ1) is 14.8. The average molecular weight is 435 g/mol. The number of carbonyl (C=O) groups is 1. The number of aliphatic hydroxyl groups excluding tert-OH is 4. The summed E-state index contributed by atoms with van der Waals surface area (Å²) in [5, 5.41) is 49.1. The van der Waals surface area contributed by atoms with Gasteiger partial charge in [-0.1, -0.05) is 6.07 Å².